The van der Waals surface area contributed by atoms with Crippen molar-refractivity contribution in [2.45, 2.75) is 4.90 Å². The van der Waals surface area contributed by atoms with Gasteiger partial charge in [0.1, 0.15) is 18.2 Å². The summed E-state index contributed by atoms with van der Waals surface area (Å²) < 4.78 is 18.8. The molecule has 5 heteroatoms. The maximum Gasteiger partial charge on any atom is 0.230 e. The summed E-state index contributed by atoms with van der Waals surface area (Å²) >= 11 is 1.18. The fourth-order valence-electron chi connectivity index (χ4n) is 1.63. The van der Waals surface area contributed by atoms with E-state index in [1.54, 1.807) is 18.2 Å². The SMILES string of the molecule is O=C(CSc1ccccc1F)NCCOc1ccccc1. The molecule has 0 atom stereocenters. The standard InChI is InChI=1S/C16H16FNO2S/c17-14-8-4-5-9-15(14)21-12-16(19)18-10-11-20-13-6-2-1-3-7-13/h1-9H,10-12H2,(H,18,19). The monoisotopic (exact) mass is 305 g/mol. The normalized spacial score (nSPS) is 10.1. The summed E-state index contributed by atoms with van der Waals surface area (Å²) in [6.45, 7) is 0.825. The van der Waals surface area contributed by atoms with Crippen LogP contribution in [0.25, 0.3) is 0 Å². The van der Waals surface area contributed by atoms with Gasteiger partial charge in [-0.25, -0.2) is 4.39 Å². The van der Waals surface area contributed by atoms with Crippen molar-refractivity contribution in [1.29, 1.82) is 0 Å². The van der Waals surface area contributed by atoms with Crippen LogP contribution < -0.4 is 10.1 Å². The maximum absolute atomic E-state index is 13.4. The molecule has 21 heavy (non-hydrogen) atoms. The van der Waals surface area contributed by atoms with Gasteiger partial charge < -0.3 is 10.1 Å². The second-order valence-corrected chi connectivity index (χ2v) is 5.25. The highest BCUT2D eigenvalue weighted by molar-refractivity contribution is 8.00. The summed E-state index contributed by atoms with van der Waals surface area (Å²) in [7, 11) is 0. The van der Waals surface area contributed by atoms with Crippen LogP contribution in [-0.4, -0.2) is 24.8 Å². The van der Waals surface area contributed by atoms with Crippen LogP contribution in [0.5, 0.6) is 5.75 Å². The van der Waals surface area contributed by atoms with Gasteiger partial charge in [0.2, 0.25) is 5.91 Å². The molecule has 0 aromatic heterocycles. The van der Waals surface area contributed by atoms with Crippen LogP contribution in [0.15, 0.2) is 59.5 Å². The van der Waals surface area contributed by atoms with Crippen LogP contribution in [0.1, 0.15) is 0 Å². The average Bonchev–Trinajstić information content (AvgIpc) is 2.52. The summed E-state index contributed by atoms with van der Waals surface area (Å²) in [6, 6.07) is 15.8. The number of carbonyl (C=O) groups is 1. The Labute approximate surface area is 127 Å². The van der Waals surface area contributed by atoms with Gasteiger partial charge in [0.25, 0.3) is 0 Å². The topological polar surface area (TPSA) is 38.3 Å². The van der Waals surface area contributed by atoms with Crippen molar-refractivity contribution in [3.05, 3.63) is 60.4 Å². The van der Waals surface area contributed by atoms with Gasteiger partial charge in [-0.3, -0.25) is 4.79 Å². The van der Waals surface area contributed by atoms with E-state index < -0.39 is 0 Å². The molecule has 0 radical (unpaired) electrons. The summed E-state index contributed by atoms with van der Waals surface area (Å²) in [5.41, 5.74) is 0. The van der Waals surface area contributed by atoms with E-state index >= 15 is 0 Å². The highest BCUT2D eigenvalue weighted by atomic mass is 32.2. The van der Waals surface area contributed by atoms with Crippen molar-refractivity contribution < 1.29 is 13.9 Å². The summed E-state index contributed by atoms with van der Waals surface area (Å²) in [5, 5.41) is 2.74. The smallest absolute Gasteiger partial charge is 0.230 e. The minimum Gasteiger partial charge on any atom is -0.492 e. The largest absolute Gasteiger partial charge is 0.492 e. The fraction of sp³-hybridized carbons (Fsp3) is 0.188. The highest BCUT2D eigenvalue weighted by Gasteiger charge is 2.05. The molecule has 2 rings (SSSR count). The molecule has 0 saturated heterocycles. The summed E-state index contributed by atoms with van der Waals surface area (Å²) in [4.78, 5) is 12.1. The number of thioether (sulfide) groups is 1. The van der Waals surface area contributed by atoms with E-state index in [0.29, 0.717) is 18.0 Å². The molecule has 0 bridgehead atoms. The molecule has 1 amide bonds. The van der Waals surface area contributed by atoms with E-state index in [1.165, 1.54) is 17.8 Å². The van der Waals surface area contributed by atoms with Gasteiger partial charge in [0, 0.05) is 4.90 Å². The first kappa shape index (κ1) is 15.4. The second-order valence-electron chi connectivity index (χ2n) is 4.23. The highest BCUT2D eigenvalue weighted by Crippen LogP contribution is 2.20. The summed E-state index contributed by atoms with van der Waals surface area (Å²) in [6.07, 6.45) is 0. The lowest BCUT2D eigenvalue weighted by Gasteiger charge is -2.07. The Morgan fingerprint density at radius 1 is 1.10 bits per heavy atom. The molecule has 0 unspecified atom stereocenters. The zero-order valence-electron chi connectivity index (χ0n) is 11.4. The molecule has 0 saturated carbocycles. The van der Waals surface area contributed by atoms with Crippen LogP contribution in [0.2, 0.25) is 0 Å². The molecular formula is C16H16FNO2S. The molecule has 0 heterocycles. The number of halogens is 1. The number of para-hydroxylation sites is 1. The minimum absolute atomic E-state index is 0.139. The number of nitrogens with one attached hydrogen (secondary N) is 1. The number of hydrogen-bond donors (Lipinski definition) is 1. The third-order valence-corrected chi connectivity index (χ3v) is 3.68. The quantitative estimate of drug-likeness (QED) is 0.631. The first-order valence-corrected chi connectivity index (χ1v) is 7.56. The van der Waals surface area contributed by atoms with Crippen LogP contribution in [-0.2, 0) is 4.79 Å². The molecule has 0 spiro atoms. The maximum atomic E-state index is 13.4. The number of rotatable bonds is 7. The van der Waals surface area contributed by atoms with E-state index in [0.717, 1.165) is 5.75 Å². The molecule has 110 valence electrons. The predicted molar refractivity (Wildman–Crippen MR) is 82.1 cm³/mol. The average molecular weight is 305 g/mol. The lowest BCUT2D eigenvalue weighted by atomic mass is 10.3. The van der Waals surface area contributed by atoms with Gasteiger partial charge in [-0.15, -0.1) is 11.8 Å². The first-order chi connectivity index (χ1) is 10.3. The summed E-state index contributed by atoms with van der Waals surface area (Å²) in [5.74, 6) is 0.516. The van der Waals surface area contributed by atoms with Gasteiger partial charge >= 0.3 is 0 Å². The van der Waals surface area contributed by atoms with E-state index in [1.807, 2.05) is 30.3 Å². The number of hydrogen-bond acceptors (Lipinski definition) is 3. The predicted octanol–water partition coefficient (Wildman–Crippen LogP) is 3.11. The third kappa shape index (κ3) is 5.47. The number of amides is 1. The molecule has 1 N–H and O–H groups in total. The van der Waals surface area contributed by atoms with E-state index in [4.69, 9.17) is 4.74 Å². The van der Waals surface area contributed by atoms with Crippen LogP contribution in [0, 0.1) is 5.82 Å². The molecule has 0 aliphatic rings. The second kappa shape index (κ2) is 8.32. The zero-order valence-corrected chi connectivity index (χ0v) is 12.2. The molecule has 0 fully saturated rings. The number of ether oxygens (including phenoxy) is 1. The van der Waals surface area contributed by atoms with Crippen molar-refractivity contribution >= 4 is 17.7 Å². The Bertz CT molecular complexity index is 577. The lowest BCUT2D eigenvalue weighted by Crippen LogP contribution is -2.29. The third-order valence-electron chi connectivity index (χ3n) is 2.63. The van der Waals surface area contributed by atoms with E-state index in [-0.39, 0.29) is 17.5 Å². The Morgan fingerprint density at radius 2 is 1.81 bits per heavy atom. The van der Waals surface area contributed by atoms with Gasteiger partial charge in [-0.2, -0.15) is 0 Å². The molecular weight excluding hydrogens is 289 g/mol. The Morgan fingerprint density at radius 3 is 2.57 bits per heavy atom. The first-order valence-electron chi connectivity index (χ1n) is 6.57. The molecule has 2 aromatic rings. The Balaban J connectivity index is 1.63. The van der Waals surface area contributed by atoms with Crippen molar-refractivity contribution in [2.75, 3.05) is 18.9 Å². The van der Waals surface area contributed by atoms with Crippen molar-refractivity contribution in [3.63, 3.8) is 0 Å². The minimum atomic E-state index is -0.303. The molecule has 2 aromatic carbocycles. The Hall–Kier alpha value is -2.01. The van der Waals surface area contributed by atoms with Crippen molar-refractivity contribution in [1.82, 2.24) is 5.32 Å². The zero-order chi connectivity index (χ0) is 14.9. The van der Waals surface area contributed by atoms with Crippen molar-refractivity contribution in [2.24, 2.45) is 0 Å². The Kier molecular flexibility index (Phi) is 6.09. The number of carbonyl (C=O) groups excluding carboxylic acids is 1. The molecule has 0 aliphatic heterocycles. The molecule has 3 nitrogen and oxygen atoms in total. The van der Waals surface area contributed by atoms with Gasteiger partial charge in [-0.05, 0) is 24.3 Å². The van der Waals surface area contributed by atoms with Crippen molar-refractivity contribution in [3.8, 4) is 5.75 Å². The number of benzene rings is 2. The lowest BCUT2D eigenvalue weighted by molar-refractivity contribution is -0.118. The van der Waals surface area contributed by atoms with E-state index in [9.17, 15) is 9.18 Å². The molecule has 0 aliphatic carbocycles. The van der Waals surface area contributed by atoms with E-state index in [2.05, 4.69) is 5.32 Å². The van der Waals surface area contributed by atoms with Crippen LogP contribution in [0.4, 0.5) is 4.39 Å². The fourth-order valence-corrected chi connectivity index (χ4v) is 2.40. The van der Waals surface area contributed by atoms with Crippen LogP contribution >= 0.6 is 11.8 Å². The van der Waals surface area contributed by atoms with Crippen LogP contribution in [0.3, 0.4) is 0 Å². The van der Waals surface area contributed by atoms with Gasteiger partial charge in [0.05, 0.1) is 12.3 Å². The van der Waals surface area contributed by atoms with Gasteiger partial charge in [-0.1, -0.05) is 30.3 Å². The van der Waals surface area contributed by atoms with Gasteiger partial charge in [0.15, 0.2) is 0 Å².